The average Bonchev–Trinajstić information content (AvgIpc) is 3.50. The van der Waals surface area contributed by atoms with E-state index >= 15 is 0 Å². The highest BCUT2D eigenvalue weighted by Crippen LogP contribution is 2.52. The molecule has 3 aliphatic rings. The van der Waals surface area contributed by atoms with Crippen molar-refractivity contribution >= 4 is 11.8 Å². The maximum atomic E-state index is 13.4. The Hall–Kier alpha value is -3.20. The fraction of sp³-hybridized carbons (Fsp3) is 0.455. The first kappa shape index (κ1) is 19.7. The molecule has 4 atom stereocenters. The zero-order valence-corrected chi connectivity index (χ0v) is 17.6. The van der Waals surface area contributed by atoms with Crippen molar-refractivity contribution in [1.29, 1.82) is 0 Å². The molecule has 2 amide bonds. The van der Waals surface area contributed by atoms with E-state index < -0.39 is 23.5 Å². The Morgan fingerprint density at radius 2 is 2.23 bits per heavy atom. The van der Waals surface area contributed by atoms with Crippen LogP contribution in [0.25, 0.3) is 0 Å². The highest BCUT2D eigenvalue weighted by molar-refractivity contribution is 5.93. The Labute approximate surface area is 179 Å². The summed E-state index contributed by atoms with van der Waals surface area (Å²) in [6.45, 7) is 2.75. The number of aromatic nitrogens is 2. The van der Waals surface area contributed by atoms with Gasteiger partial charge in [-0.25, -0.2) is 0 Å². The Morgan fingerprint density at radius 3 is 2.97 bits per heavy atom. The number of amides is 2. The summed E-state index contributed by atoms with van der Waals surface area (Å²) in [5.41, 5.74) is 0.220. The Kier molecular flexibility index (Phi) is 4.58. The topological polar surface area (TPSA) is 98.0 Å². The molecule has 1 aromatic carbocycles. The van der Waals surface area contributed by atoms with E-state index in [2.05, 4.69) is 10.2 Å². The molecule has 0 N–H and O–H groups in total. The second kappa shape index (κ2) is 7.19. The average molecular weight is 424 g/mol. The van der Waals surface area contributed by atoms with Gasteiger partial charge in [-0.05, 0) is 17.7 Å². The SMILES string of the molecule is COc1cccc(CN2C[C@]34C=C[C@H](O3)[C@H](C(=O)N(C)Cc3nnc(C)o3)[C@H]4C2=O)c1. The molecular formula is C22H24N4O5. The van der Waals surface area contributed by atoms with E-state index in [0.717, 1.165) is 11.3 Å². The fourth-order valence-electron chi connectivity index (χ4n) is 4.92. The molecule has 4 heterocycles. The minimum Gasteiger partial charge on any atom is -0.497 e. The second-order valence-corrected chi connectivity index (χ2v) is 8.35. The Bertz CT molecular complexity index is 1070. The van der Waals surface area contributed by atoms with Crippen LogP contribution in [0.3, 0.4) is 0 Å². The highest BCUT2D eigenvalue weighted by Gasteiger charge is 2.67. The van der Waals surface area contributed by atoms with Gasteiger partial charge < -0.3 is 23.7 Å². The maximum absolute atomic E-state index is 13.4. The van der Waals surface area contributed by atoms with Crippen molar-refractivity contribution in [3.8, 4) is 5.75 Å². The summed E-state index contributed by atoms with van der Waals surface area (Å²) in [7, 11) is 3.29. The van der Waals surface area contributed by atoms with Gasteiger partial charge in [-0.3, -0.25) is 9.59 Å². The van der Waals surface area contributed by atoms with Gasteiger partial charge in [-0.2, -0.15) is 0 Å². The van der Waals surface area contributed by atoms with Gasteiger partial charge in [0.2, 0.25) is 23.6 Å². The molecule has 0 aliphatic carbocycles. The number of carbonyl (C=O) groups excluding carboxylic acids is 2. The van der Waals surface area contributed by atoms with Crippen LogP contribution >= 0.6 is 0 Å². The van der Waals surface area contributed by atoms with Gasteiger partial charge in [0.05, 0.1) is 38.1 Å². The molecule has 9 heteroatoms. The molecule has 9 nitrogen and oxygen atoms in total. The smallest absolute Gasteiger partial charge is 0.235 e. The molecule has 0 radical (unpaired) electrons. The predicted molar refractivity (Wildman–Crippen MR) is 108 cm³/mol. The van der Waals surface area contributed by atoms with E-state index in [1.54, 1.807) is 26.0 Å². The molecule has 0 saturated carbocycles. The summed E-state index contributed by atoms with van der Waals surface area (Å²) in [6.07, 6.45) is 3.47. The van der Waals surface area contributed by atoms with Crippen molar-refractivity contribution in [3.63, 3.8) is 0 Å². The normalized spacial score (nSPS) is 28.3. The fourth-order valence-corrected chi connectivity index (χ4v) is 4.92. The number of ether oxygens (including phenoxy) is 2. The van der Waals surface area contributed by atoms with Crippen LogP contribution in [0, 0.1) is 18.8 Å². The molecule has 2 aromatic rings. The molecule has 2 bridgehead atoms. The maximum Gasteiger partial charge on any atom is 0.235 e. The van der Waals surface area contributed by atoms with Gasteiger partial charge in [-0.1, -0.05) is 24.3 Å². The zero-order chi connectivity index (χ0) is 21.8. The Morgan fingerprint density at radius 1 is 1.39 bits per heavy atom. The molecule has 2 saturated heterocycles. The number of fused-ring (bicyclic) bond motifs is 1. The van der Waals surface area contributed by atoms with Crippen LogP contribution in [-0.4, -0.2) is 64.2 Å². The first-order valence-corrected chi connectivity index (χ1v) is 10.2. The lowest BCUT2D eigenvalue weighted by molar-refractivity contribution is -0.143. The van der Waals surface area contributed by atoms with Crippen molar-refractivity contribution in [2.75, 3.05) is 20.7 Å². The number of hydrogen-bond acceptors (Lipinski definition) is 7. The van der Waals surface area contributed by atoms with Gasteiger partial charge in [0.1, 0.15) is 11.4 Å². The lowest BCUT2D eigenvalue weighted by Crippen LogP contribution is -2.44. The van der Waals surface area contributed by atoms with Gasteiger partial charge in [0.15, 0.2) is 0 Å². The van der Waals surface area contributed by atoms with Crippen LogP contribution in [0.5, 0.6) is 5.75 Å². The molecule has 2 fully saturated rings. The summed E-state index contributed by atoms with van der Waals surface area (Å²) in [5.74, 6) is 0.226. The second-order valence-electron chi connectivity index (χ2n) is 8.35. The molecule has 162 valence electrons. The highest BCUT2D eigenvalue weighted by atomic mass is 16.5. The van der Waals surface area contributed by atoms with Crippen LogP contribution in [0.1, 0.15) is 17.3 Å². The summed E-state index contributed by atoms with van der Waals surface area (Å²) < 4.78 is 16.9. The number of likely N-dealkylation sites (tertiary alicyclic amines) is 1. The van der Waals surface area contributed by atoms with Gasteiger partial charge in [0.25, 0.3) is 0 Å². The molecule has 5 rings (SSSR count). The molecule has 0 unspecified atom stereocenters. The third kappa shape index (κ3) is 3.20. The Balaban J connectivity index is 1.35. The van der Waals surface area contributed by atoms with Crippen LogP contribution < -0.4 is 4.74 Å². The first-order chi connectivity index (χ1) is 14.9. The predicted octanol–water partition coefficient (Wildman–Crippen LogP) is 1.33. The number of rotatable bonds is 6. The lowest BCUT2D eigenvalue weighted by Gasteiger charge is -2.27. The van der Waals surface area contributed by atoms with Crippen LogP contribution in [0.4, 0.5) is 0 Å². The minimum atomic E-state index is -0.747. The number of hydrogen-bond donors (Lipinski definition) is 0. The van der Waals surface area contributed by atoms with Crippen molar-refractivity contribution in [2.45, 2.75) is 31.7 Å². The summed E-state index contributed by atoms with van der Waals surface area (Å²) in [6, 6.07) is 7.64. The standard InChI is InChI=1S/C22H24N4O5/c1-13-23-24-17(30-13)11-25(2)20(27)18-16-7-8-22(31-16)12-26(21(28)19(18)22)10-14-5-4-6-15(9-14)29-3/h4-9,16,18-19H,10-12H2,1-3H3/t16-,18-,19-,22-/m0/s1. The number of benzene rings is 1. The van der Waals surface area contributed by atoms with E-state index in [1.165, 1.54) is 4.90 Å². The van der Waals surface area contributed by atoms with E-state index in [0.29, 0.717) is 24.9 Å². The number of aryl methyl sites for hydroxylation is 1. The van der Waals surface area contributed by atoms with E-state index in [9.17, 15) is 9.59 Å². The quantitative estimate of drug-likeness (QED) is 0.645. The third-order valence-electron chi connectivity index (χ3n) is 6.29. The van der Waals surface area contributed by atoms with Gasteiger partial charge in [-0.15, -0.1) is 10.2 Å². The van der Waals surface area contributed by atoms with Crippen molar-refractivity contribution in [1.82, 2.24) is 20.0 Å². The number of carbonyl (C=O) groups is 2. The summed E-state index contributed by atoms with van der Waals surface area (Å²) in [4.78, 5) is 30.0. The van der Waals surface area contributed by atoms with Crippen LogP contribution in [0.15, 0.2) is 40.8 Å². The van der Waals surface area contributed by atoms with E-state index in [1.807, 2.05) is 36.4 Å². The minimum absolute atomic E-state index is 0.0601. The third-order valence-corrected chi connectivity index (χ3v) is 6.29. The van der Waals surface area contributed by atoms with Gasteiger partial charge >= 0.3 is 0 Å². The summed E-state index contributed by atoms with van der Waals surface area (Å²) in [5, 5.41) is 7.76. The molecule has 3 aliphatic heterocycles. The number of methoxy groups -OCH3 is 1. The van der Waals surface area contributed by atoms with E-state index in [4.69, 9.17) is 13.9 Å². The first-order valence-electron chi connectivity index (χ1n) is 10.2. The summed E-state index contributed by atoms with van der Waals surface area (Å²) >= 11 is 0. The lowest BCUT2D eigenvalue weighted by atomic mass is 9.76. The van der Waals surface area contributed by atoms with E-state index in [-0.39, 0.29) is 18.4 Å². The molecule has 1 spiro atoms. The molecular weight excluding hydrogens is 400 g/mol. The monoisotopic (exact) mass is 424 g/mol. The zero-order valence-electron chi connectivity index (χ0n) is 17.6. The van der Waals surface area contributed by atoms with Crippen LogP contribution in [-0.2, 0) is 27.4 Å². The van der Waals surface area contributed by atoms with Crippen LogP contribution in [0.2, 0.25) is 0 Å². The molecule has 1 aromatic heterocycles. The number of nitrogens with zero attached hydrogens (tertiary/aromatic N) is 4. The molecule has 31 heavy (non-hydrogen) atoms. The van der Waals surface area contributed by atoms with Crippen molar-refractivity contribution < 1.29 is 23.5 Å². The largest absolute Gasteiger partial charge is 0.497 e. The van der Waals surface area contributed by atoms with Gasteiger partial charge in [0, 0.05) is 20.5 Å². The van der Waals surface area contributed by atoms with Crippen molar-refractivity contribution in [2.24, 2.45) is 11.8 Å². The van der Waals surface area contributed by atoms with Crippen molar-refractivity contribution in [3.05, 3.63) is 53.8 Å².